The van der Waals surface area contributed by atoms with Crippen molar-refractivity contribution in [2.24, 2.45) is 5.41 Å². The largest absolute Gasteiger partial charge is 0.302 e. The Hall–Kier alpha value is -0.850. The summed E-state index contributed by atoms with van der Waals surface area (Å²) in [4.78, 5) is 10.6. The van der Waals surface area contributed by atoms with E-state index in [2.05, 4.69) is 0 Å². The Morgan fingerprint density at radius 2 is 2.00 bits per heavy atom. The highest BCUT2D eigenvalue weighted by molar-refractivity contribution is 5.67. The van der Waals surface area contributed by atoms with E-state index in [0.29, 0.717) is 0 Å². The molecule has 0 fully saturated rings. The van der Waals surface area contributed by atoms with E-state index in [9.17, 15) is 4.79 Å². The van der Waals surface area contributed by atoms with Crippen molar-refractivity contribution < 1.29 is 4.79 Å². The molecule has 1 aliphatic carbocycles. The van der Waals surface area contributed by atoms with Crippen LogP contribution >= 0.6 is 0 Å². The second-order valence-electron chi connectivity index (χ2n) is 2.49. The lowest BCUT2D eigenvalue weighted by Crippen LogP contribution is -2.16. The Labute approximate surface area is 61.4 Å². The quantitative estimate of drug-likeness (QED) is 0.528. The normalized spacial score (nSPS) is 20.9. The average molecular weight is 135 g/mol. The van der Waals surface area contributed by atoms with Gasteiger partial charge in [0.2, 0.25) is 0 Å². The molecule has 0 saturated heterocycles. The molecule has 1 radical (unpaired) electrons. The topological polar surface area (TPSA) is 17.1 Å². The van der Waals surface area contributed by atoms with Gasteiger partial charge < -0.3 is 4.79 Å². The van der Waals surface area contributed by atoms with Gasteiger partial charge in [-0.05, 0) is 6.42 Å². The molecule has 53 valence electrons. The van der Waals surface area contributed by atoms with Gasteiger partial charge in [-0.15, -0.1) is 0 Å². The summed E-state index contributed by atoms with van der Waals surface area (Å²) in [6.45, 7) is 2.01. The van der Waals surface area contributed by atoms with Crippen LogP contribution in [0.5, 0.6) is 0 Å². The van der Waals surface area contributed by atoms with Crippen molar-refractivity contribution in [1.82, 2.24) is 0 Å². The number of allylic oxidation sites excluding steroid dienone is 4. The SMILES string of the molecule is CCC1(C=O)C=C[CH]C=C1. The average Bonchev–Trinajstić information content (AvgIpc) is 2.06. The van der Waals surface area contributed by atoms with E-state index >= 15 is 0 Å². The van der Waals surface area contributed by atoms with Crippen molar-refractivity contribution >= 4 is 6.29 Å². The maximum absolute atomic E-state index is 10.6. The van der Waals surface area contributed by atoms with Crippen LogP contribution in [0, 0.1) is 11.8 Å². The van der Waals surface area contributed by atoms with Crippen molar-refractivity contribution in [2.75, 3.05) is 0 Å². The highest BCUT2D eigenvalue weighted by Crippen LogP contribution is 2.25. The van der Waals surface area contributed by atoms with Crippen LogP contribution in [0.25, 0.3) is 0 Å². The summed E-state index contributed by atoms with van der Waals surface area (Å²) in [6.07, 6.45) is 11.5. The van der Waals surface area contributed by atoms with E-state index in [1.807, 2.05) is 37.6 Å². The van der Waals surface area contributed by atoms with E-state index in [1.54, 1.807) is 0 Å². The van der Waals surface area contributed by atoms with Gasteiger partial charge in [-0.3, -0.25) is 0 Å². The Bertz CT molecular complexity index is 165. The summed E-state index contributed by atoms with van der Waals surface area (Å²) in [7, 11) is 0. The highest BCUT2D eigenvalue weighted by Gasteiger charge is 2.21. The van der Waals surface area contributed by atoms with Crippen molar-refractivity contribution in [2.45, 2.75) is 13.3 Å². The first-order valence-electron chi connectivity index (χ1n) is 3.50. The molecule has 0 saturated carbocycles. The number of carbonyl (C=O) groups excluding carboxylic acids is 1. The first-order chi connectivity index (χ1) is 4.83. The second-order valence-corrected chi connectivity index (χ2v) is 2.49. The van der Waals surface area contributed by atoms with Gasteiger partial charge in [0, 0.05) is 6.42 Å². The third kappa shape index (κ3) is 1.18. The molecule has 0 spiro atoms. The molecule has 0 bridgehead atoms. The molecule has 1 aliphatic rings. The van der Waals surface area contributed by atoms with Gasteiger partial charge >= 0.3 is 0 Å². The molecule has 1 rings (SSSR count). The molecule has 0 unspecified atom stereocenters. The fraction of sp³-hybridized carbons (Fsp3) is 0.333. The first kappa shape index (κ1) is 7.26. The van der Waals surface area contributed by atoms with Crippen LogP contribution in [0.15, 0.2) is 24.3 Å². The third-order valence-corrected chi connectivity index (χ3v) is 1.87. The number of carbonyl (C=O) groups is 1. The molecule has 1 nitrogen and oxygen atoms in total. The summed E-state index contributed by atoms with van der Waals surface area (Å²) in [5, 5.41) is 0. The molecular formula is C9H11O. The molecule has 0 heterocycles. The molecule has 0 aromatic carbocycles. The lowest BCUT2D eigenvalue weighted by Gasteiger charge is -2.19. The lowest BCUT2D eigenvalue weighted by atomic mass is 9.83. The zero-order valence-electron chi connectivity index (χ0n) is 6.08. The zero-order chi connectivity index (χ0) is 7.45. The molecule has 0 aromatic rings. The predicted molar refractivity (Wildman–Crippen MR) is 41.4 cm³/mol. The molecule has 0 aromatic heterocycles. The minimum atomic E-state index is -0.311. The number of hydrogen-bond donors (Lipinski definition) is 0. The summed E-state index contributed by atoms with van der Waals surface area (Å²) in [5.74, 6) is 0. The van der Waals surface area contributed by atoms with Crippen molar-refractivity contribution in [1.29, 1.82) is 0 Å². The standard InChI is InChI=1S/C9H11O/c1-2-9(8-10)6-4-3-5-7-9/h3-8H,2H2,1H3. The molecular weight excluding hydrogens is 124 g/mol. The molecule has 10 heavy (non-hydrogen) atoms. The maximum atomic E-state index is 10.6. The Morgan fingerprint density at radius 1 is 1.40 bits per heavy atom. The molecule has 0 amide bonds. The predicted octanol–water partition coefficient (Wildman–Crippen LogP) is 1.91. The van der Waals surface area contributed by atoms with Gasteiger partial charge in [-0.1, -0.05) is 31.2 Å². The molecule has 0 aliphatic heterocycles. The van der Waals surface area contributed by atoms with E-state index < -0.39 is 0 Å². The van der Waals surface area contributed by atoms with Crippen LogP contribution in [0.2, 0.25) is 0 Å². The molecule has 0 atom stereocenters. The second kappa shape index (κ2) is 2.82. The highest BCUT2D eigenvalue weighted by atomic mass is 16.1. The molecule has 1 heteroatoms. The Morgan fingerprint density at radius 3 is 2.30 bits per heavy atom. The van der Waals surface area contributed by atoms with Gasteiger partial charge in [-0.25, -0.2) is 0 Å². The van der Waals surface area contributed by atoms with E-state index in [1.165, 1.54) is 0 Å². The monoisotopic (exact) mass is 135 g/mol. The third-order valence-electron chi connectivity index (χ3n) is 1.87. The number of rotatable bonds is 2. The maximum Gasteiger partial charge on any atom is 0.133 e. The smallest absolute Gasteiger partial charge is 0.133 e. The zero-order valence-corrected chi connectivity index (χ0v) is 6.08. The van der Waals surface area contributed by atoms with Crippen molar-refractivity contribution in [3.63, 3.8) is 0 Å². The van der Waals surface area contributed by atoms with Gasteiger partial charge in [0.1, 0.15) is 6.29 Å². The number of hydrogen-bond acceptors (Lipinski definition) is 1. The van der Waals surface area contributed by atoms with Crippen molar-refractivity contribution in [3.05, 3.63) is 30.7 Å². The van der Waals surface area contributed by atoms with Crippen LogP contribution in [-0.2, 0) is 4.79 Å². The summed E-state index contributed by atoms with van der Waals surface area (Å²) >= 11 is 0. The Balaban J connectivity index is 2.80. The van der Waals surface area contributed by atoms with Crippen LogP contribution in [0.4, 0.5) is 0 Å². The minimum absolute atomic E-state index is 0.311. The lowest BCUT2D eigenvalue weighted by molar-refractivity contribution is -0.112. The summed E-state index contributed by atoms with van der Waals surface area (Å²) in [6, 6.07) is 0. The van der Waals surface area contributed by atoms with Gasteiger partial charge in [0.15, 0.2) is 0 Å². The van der Waals surface area contributed by atoms with Crippen LogP contribution in [-0.4, -0.2) is 6.29 Å². The van der Waals surface area contributed by atoms with Crippen LogP contribution in [0.1, 0.15) is 13.3 Å². The fourth-order valence-electron chi connectivity index (χ4n) is 0.987. The fourth-order valence-corrected chi connectivity index (χ4v) is 0.987. The van der Waals surface area contributed by atoms with Crippen molar-refractivity contribution in [3.8, 4) is 0 Å². The van der Waals surface area contributed by atoms with Crippen LogP contribution < -0.4 is 0 Å². The molecule has 0 N–H and O–H groups in total. The first-order valence-corrected chi connectivity index (χ1v) is 3.50. The van der Waals surface area contributed by atoms with Crippen LogP contribution in [0.3, 0.4) is 0 Å². The van der Waals surface area contributed by atoms with E-state index in [0.717, 1.165) is 12.7 Å². The van der Waals surface area contributed by atoms with E-state index in [4.69, 9.17) is 0 Å². The van der Waals surface area contributed by atoms with Gasteiger partial charge in [-0.2, -0.15) is 0 Å². The van der Waals surface area contributed by atoms with Gasteiger partial charge in [0.25, 0.3) is 0 Å². The minimum Gasteiger partial charge on any atom is -0.302 e. The van der Waals surface area contributed by atoms with Gasteiger partial charge in [0.05, 0.1) is 5.41 Å². The number of aldehydes is 1. The summed E-state index contributed by atoms with van der Waals surface area (Å²) < 4.78 is 0. The van der Waals surface area contributed by atoms with E-state index in [-0.39, 0.29) is 5.41 Å². The summed E-state index contributed by atoms with van der Waals surface area (Å²) in [5.41, 5.74) is -0.311. The Kier molecular flexibility index (Phi) is 2.05.